The molecule has 0 aliphatic rings. The Kier molecular flexibility index (Phi) is 5.20. The number of pyridine rings is 1. The number of hydrogen-bond acceptors (Lipinski definition) is 4. The lowest BCUT2D eigenvalue weighted by molar-refractivity contribution is 0.850. The van der Waals surface area contributed by atoms with Gasteiger partial charge in [0.25, 0.3) is 0 Å². The second-order valence-electron chi connectivity index (χ2n) is 4.70. The molecule has 20 heavy (non-hydrogen) atoms. The van der Waals surface area contributed by atoms with E-state index in [1.807, 2.05) is 42.1 Å². The van der Waals surface area contributed by atoms with E-state index in [0.717, 1.165) is 35.2 Å². The SMILES string of the molecule is CSC(C)CCNc1nc2ccccc2cc1C(N)=S. The third-order valence-corrected chi connectivity index (χ3v) is 4.50. The molecule has 0 spiro atoms. The van der Waals surface area contributed by atoms with Gasteiger partial charge >= 0.3 is 0 Å². The maximum Gasteiger partial charge on any atom is 0.136 e. The number of benzene rings is 1. The van der Waals surface area contributed by atoms with E-state index in [4.69, 9.17) is 18.0 Å². The van der Waals surface area contributed by atoms with Crippen molar-refractivity contribution in [2.45, 2.75) is 18.6 Å². The van der Waals surface area contributed by atoms with Gasteiger partial charge in [-0.25, -0.2) is 4.98 Å². The molecule has 2 aromatic rings. The predicted molar refractivity (Wildman–Crippen MR) is 93.7 cm³/mol. The van der Waals surface area contributed by atoms with Crippen LogP contribution < -0.4 is 11.1 Å². The van der Waals surface area contributed by atoms with Gasteiger partial charge in [-0.05, 0) is 24.8 Å². The number of nitrogens with one attached hydrogen (secondary N) is 1. The molecule has 1 unspecified atom stereocenters. The maximum atomic E-state index is 5.81. The van der Waals surface area contributed by atoms with Crippen molar-refractivity contribution in [3.8, 4) is 0 Å². The fourth-order valence-corrected chi connectivity index (χ4v) is 2.46. The molecular formula is C15H19N3S2. The van der Waals surface area contributed by atoms with Crippen molar-refractivity contribution in [1.82, 2.24) is 4.98 Å². The number of thiocarbonyl (C=S) groups is 1. The summed E-state index contributed by atoms with van der Waals surface area (Å²) in [5.41, 5.74) is 7.58. The number of anilines is 1. The molecule has 3 N–H and O–H groups in total. The van der Waals surface area contributed by atoms with Gasteiger partial charge in [-0.15, -0.1) is 0 Å². The fourth-order valence-electron chi connectivity index (χ4n) is 1.95. The maximum absolute atomic E-state index is 5.81. The Bertz CT molecular complexity index is 613. The summed E-state index contributed by atoms with van der Waals surface area (Å²) in [7, 11) is 0. The van der Waals surface area contributed by atoms with E-state index in [2.05, 4.69) is 23.5 Å². The smallest absolute Gasteiger partial charge is 0.136 e. The summed E-state index contributed by atoms with van der Waals surface area (Å²) in [6.45, 7) is 3.08. The number of nitrogens with zero attached hydrogens (tertiary/aromatic N) is 1. The molecule has 106 valence electrons. The van der Waals surface area contributed by atoms with Crippen molar-refractivity contribution in [2.75, 3.05) is 18.1 Å². The number of rotatable bonds is 6. The first-order valence-electron chi connectivity index (χ1n) is 6.58. The van der Waals surface area contributed by atoms with Gasteiger partial charge in [-0.3, -0.25) is 0 Å². The van der Waals surface area contributed by atoms with Crippen LogP contribution in [0.15, 0.2) is 30.3 Å². The van der Waals surface area contributed by atoms with Crippen LogP contribution in [-0.2, 0) is 0 Å². The third-order valence-electron chi connectivity index (χ3n) is 3.24. The second kappa shape index (κ2) is 6.90. The highest BCUT2D eigenvalue weighted by atomic mass is 32.2. The van der Waals surface area contributed by atoms with Crippen LogP contribution in [0.5, 0.6) is 0 Å². The minimum Gasteiger partial charge on any atom is -0.389 e. The van der Waals surface area contributed by atoms with Gasteiger partial charge in [0.15, 0.2) is 0 Å². The Morgan fingerprint density at radius 2 is 2.20 bits per heavy atom. The van der Waals surface area contributed by atoms with Crippen molar-refractivity contribution >= 4 is 45.7 Å². The first kappa shape index (κ1) is 15.1. The van der Waals surface area contributed by atoms with Crippen molar-refractivity contribution in [3.05, 3.63) is 35.9 Å². The fraction of sp³-hybridized carbons (Fsp3) is 0.333. The van der Waals surface area contributed by atoms with Crippen LogP contribution in [0.3, 0.4) is 0 Å². The molecule has 0 fully saturated rings. The van der Waals surface area contributed by atoms with E-state index in [1.54, 1.807) is 0 Å². The number of fused-ring (bicyclic) bond motifs is 1. The van der Waals surface area contributed by atoms with E-state index in [-0.39, 0.29) is 0 Å². The first-order valence-corrected chi connectivity index (χ1v) is 8.27. The lowest BCUT2D eigenvalue weighted by Gasteiger charge is -2.13. The Labute approximate surface area is 129 Å². The molecule has 0 amide bonds. The van der Waals surface area contributed by atoms with Gasteiger partial charge in [0.1, 0.15) is 10.8 Å². The molecule has 1 heterocycles. The summed E-state index contributed by atoms with van der Waals surface area (Å²) in [4.78, 5) is 5.01. The zero-order chi connectivity index (χ0) is 14.5. The largest absolute Gasteiger partial charge is 0.389 e. The number of thioether (sulfide) groups is 1. The molecule has 0 radical (unpaired) electrons. The van der Waals surface area contributed by atoms with Crippen LogP contribution in [0.4, 0.5) is 5.82 Å². The zero-order valence-corrected chi connectivity index (χ0v) is 13.4. The third kappa shape index (κ3) is 3.61. The van der Waals surface area contributed by atoms with E-state index in [9.17, 15) is 0 Å². The topological polar surface area (TPSA) is 50.9 Å². The van der Waals surface area contributed by atoms with Crippen molar-refractivity contribution in [1.29, 1.82) is 0 Å². The lowest BCUT2D eigenvalue weighted by Crippen LogP contribution is -2.16. The number of hydrogen-bond donors (Lipinski definition) is 2. The summed E-state index contributed by atoms with van der Waals surface area (Å²) in [5.74, 6) is 0.782. The minimum atomic E-state index is 0.378. The highest BCUT2D eigenvalue weighted by Crippen LogP contribution is 2.21. The monoisotopic (exact) mass is 305 g/mol. The molecule has 0 aliphatic carbocycles. The summed E-state index contributed by atoms with van der Waals surface area (Å²) in [5, 5.41) is 5.04. The summed E-state index contributed by atoms with van der Waals surface area (Å²) >= 11 is 6.99. The molecule has 1 aromatic heterocycles. The molecule has 0 saturated heterocycles. The van der Waals surface area contributed by atoms with E-state index in [0.29, 0.717) is 10.2 Å². The van der Waals surface area contributed by atoms with Crippen molar-refractivity contribution in [2.24, 2.45) is 5.73 Å². The van der Waals surface area contributed by atoms with Crippen molar-refractivity contribution < 1.29 is 0 Å². The van der Waals surface area contributed by atoms with Crippen LogP contribution >= 0.6 is 24.0 Å². The summed E-state index contributed by atoms with van der Waals surface area (Å²) < 4.78 is 0. The quantitative estimate of drug-likeness (QED) is 0.801. The average molecular weight is 305 g/mol. The number of nitrogens with two attached hydrogens (primary N) is 1. The standard InChI is InChI=1S/C15H19N3S2/c1-10(20-2)7-8-17-15-12(14(16)19)9-11-5-3-4-6-13(11)18-15/h3-6,9-10H,7-8H2,1-2H3,(H2,16,19)(H,17,18). The summed E-state index contributed by atoms with van der Waals surface area (Å²) in [6.07, 6.45) is 3.20. The number of aromatic nitrogens is 1. The number of para-hydroxylation sites is 1. The molecule has 2 rings (SSSR count). The Balaban J connectivity index is 2.25. The van der Waals surface area contributed by atoms with Gasteiger partial charge in [-0.1, -0.05) is 37.3 Å². The Morgan fingerprint density at radius 3 is 2.90 bits per heavy atom. The van der Waals surface area contributed by atoms with Gasteiger partial charge in [0.05, 0.1) is 11.1 Å². The highest BCUT2D eigenvalue weighted by Gasteiger charge is 2.09. The van der Waals surface area contributed by atoms with Crippen LogP contribution in [0.1, 0.15) is 18.9 Å². The molecule has 1 atom stereocenters. The molecule has 0 saturated carbocycles. The average Bonchev–Trinajstić information content (AvgIpc) is 2.46. The van der Waals surface area contributed by atoms with Crippen LogP contribution in [0, 0.1) is 0 Å². The van der Waals surface area contributed by atoms with Gasteiger partial charge < -0.3 is 11.1 Å². The summed E-state index contributed by atoms with van der Waals surface area (Å²) in [6, 6.07) is 9.99. The second-order valence-corrected chi connectivity index (χ2v) is 6.42. The van der Waals surface area contributed by atoms with Gasteiger partial charge in [0.2, 0.25) is 0 Å². The molecule has 5 heteroatoms. The van der Waals surface area contributed by atoms with Crippen LogP contribution in [-0.4, -0.2) is 28.0 Å². The zero-order valence-electron chi connectivity index (χ0n) is 11.7. The first-order chi connectivity index (χ1) is 9.61. The van der Waals surface area contributed by atoms with Crippen LogP contribution in [0.2, 0.25) is 0 Å². The van der Waals surface area contributed by atoms with E-state index >= 15 is 0 Å². The Morgan fingerprint density at radius 1 is 1.45 bits per heavy atom. The van der Waals surface area contributed by atoms with Crippen LogP contribution in [0.25, 0.3) is 10.9 Å². The van der Waals surface area contributed by atoms with Crippen molar-refractivity contribution in [3.63, 3.8) is 0 Å². The van der Waals surface area contributed by atoms with Gasteiger partial charge in [-0.2, -0.15) is 11.8 Å². The molecule has 3 nitrogen and oxygen atoms in total. The minimum absolute atomic E-state index is 0.378. The normalized spacial score (nSPS) is 12.3. The van der Waals surface area contributed by atoms with E-state index in [1.165, 1.54) is 0 Å². The molecule has 0 bridgehead atoms. The lowest BCUT2D eigenvalue weighted by atomic mass is 10.1. The molecule has 0 aliphatic heterocycles. The predicted octanol–water partition coefficient (Wildman–Crippen LogP) is 3.42. The molecule has 1 aromatic carbocycles. The van der Waals surface area contributed by atoms with Gasteiger partial charge in [0, 0.05) is 17.2 Å². The highest BCUT2D eigenvalue weighted by molar-refractivity contribution is 7.99. The van der Waals surface area contributed by atoms with E-state index < -0.39 is 0 Å². The Hall–Kier alpha value is -1.33. The molecular weight excluding hydrogens is 286 g/mol.